The predicted molar refractivity (Wildman–Crippen MR) is 110 cm³/mol. The zero-order chi connectivity index (χ0) is 17.6. The third-order valence-electron chi connectivity index (χ3n) is 4.95. The average molecular weight is 332 g/mol. The topological polar surface area (TPSA) is 3.24 Å². The van der Waals surface area contributed by atoms with E-state index in [1.165, 1.54) is 59.0 Å². The standard InChI is InChI=1S/C24H29N/c1-4-15-25(16-5-2)18-22-17-21-13-9-10-14-23(21)24(19(22)3)20-11-7-6-8-12-20/h6-14,17H,4-5,15-16,18H2,1-3H3. The molecule has 0 saturated carbocycles. The molecule has 0 aromatic heterocycles. The monoisotopic (exact) mass is 331 g/mol. The summed E-state index contributed by atoms with van der Waals surface area (Å²) in [6, 6.07) is 22.0. The van der Waals surface area contributed by atoms with Crippen LogP contribution in [0, 0.1) is 6.92 Å². The molecule has 0 saturated heterocycles. The van der Waals surface area contributed by atoms with Gasteiger partial charge in [0.05, 0.1) is 0 Å². The molecular formula is C24H29N. The lowest BCUT2D eigenvalue weighted by atomic mass is 9.90. The molecule has 3 aromatic carbocycles. The van der Waals surface area contributed by atoms with Crippen molar-refractivity contribution in [3.63, 3.8) is 0 Å². The summed E-state index contributed by atoms with van der Waals surface area (Å²) < 4.78 is 0. The first-order chi connectivity index (χ1) is 12.2. The Bertz CT molecular complexity index is 814. The Labute approximate surface area is 152 Å². The second kappa shape index (κ2) is 8.31. The first-order valence-corrected chi connectivity index (χ1v) is 9.53. The van der Waals surface area contributed by atoms with Gasteiger partial charge in [-0.2, -0.15) is 0 Å². The number of fused-ring (bicyclic) bond motifs is 1. The second-order valence-electron chi connectivity index (χ2n) is 6.90. The number of hydrogen-bond donors (Lipinski definition) is 0. The molecule has 0 fully saturated rings. The van der Waals surface area contributed by atoms with Crippen molar-refractivity contribution < 1.29 is 0 Å². The molecule has 130 valence electrons. The molecule has 3 rings (SSSR count). The number of nitrogens with zero attached hydrogens (tertiary/aromatic N) is 1. The summed E-state index contributed by atoms with van der Waals surface area (Å²) in [4.78, 5) is 2.59. The largest absolute Gasteiger partial charge is 0.299 e. The number of rotatable bonds is 7. The van der Waals surface area contributed by atoms with Crippen LogP contribution in [0.2, 0.25) is 0 Å². The van der Waals surface area contributed by atoms with Gasteiger partial charge in [-0.15, -0.1) is 0 Å². The van der Waals surface area contributed by atoms with E-state index >= 15 is 0 Å². The van der Waals surface area contributed by atoms with Crippen molar-refractivity contribution in [2.24, 2.45) is 0 Å². The Morgan fingerprint density at radius 2 is 1.44 bits per heavy atom. The molecule has 25 heavy (non-hydrogen) atoms. The third-order valence-corrected chi connectivity index (χ3v) is 4.95. The smallest absolute Gasteiger partial charge is 0.0236 e. The molecule has 0 unspecified atom stereocenters. The summed E-state index contributed by atoms with van der Waals surface area (Å²) in [5.41, 5.74) is 5.58. The minimum absolute atomic E-state index is 1.04. The van der Waals surface area contributed by atoms with E-state index in [1.807, 2.05) is 0 Å². The van der Waals surface area contributed by atoms with Crippen molar-refractivity contribution in [1.29, 1.82) is 0 Å². The zero-order valence-corrected chi connectivity index (χ0v) is 15.8. The van der Waals surface area contributed by atoms with Crippen molar-refractivity contribution in [1.82, 2.24) is 4.90 Å². The lowest BCUT2D eigenvalue weighted by Crippen LogP contribution is -2.25. The molecule has 0 aliphatic heterocycles. The van der Waals surface area contributed by atoms with E-state index < -0.39 is 0 Å². The van der Waals surface area contributed by atoms with Crippen LogP contribution in [0.3, 0.4) is 0 Å². The third kappa shape index (κ3) is 3.93. The highest BCUT2D eigenvalue weighted by molar-refractivity contribution is 5.99. The van der Waals surface area contributed by atoms with Crippen LogP contribution in [-0.2, 0) is 6.54 Å². The van der Waals surface area contributed by atoms with Gasteiger partial charge in [0.2, 0.25) is 0 Å². The molecule has 1 nitrogen and oxygen atoms in total. The maximum Gasteiger partial charge on any atom is 0.0236 e. The van der Waals surface area contributed by atoms with E-state index in [0.29, 0.717) is 0 Å². The highest BCUT2D eigenvalue weighted by Gasteiger charge is 2.14. The van der Waals surface area contributed by atoms with Gasteiger partial charge in [0.15, 0.2) is 0 Å². The lowest BCUT2D eigenvalue weighted by molar-refractivity contribution is 0.266. The van der Waals surface area contributed by atoms with E-state index in [-0.39, 0.29) is 0 Å². The maximum atomic E-state index is 2.59. The van der Waals surface area contributed by atoms with Gasteiger partial charge < -0.3 is 0 Å². The summed E-state index contributed by atoms with van der Waals surface area (Å²) >= 11 is 0. The van der Waals surface area contributed by atoms with Crippen LogP contribution in [0.1, 0.15) is 37.8 Å². The summed E-state index contributed by atoms with van der Waals surface area (Å²) in [6.45, 7) is 10.2. The van der Waals surface area contributed by atoms with Gasteiger partial charge in [-0.25, -0.2) is 0 Å². The minimum Gasteiger partial charge on any atom is -0.299 e. The van der Waals surface area contributed by atoms with E-state index in [2.05, 4.69) is 86.3 Å². The molecule has 0 atom stereocenters. The van der Waals surface area contributed by atoms with E-state index in [0.717, 1.165) is 6.54 Å². The second-order valence-corrected chi connectivity index (χ2v) is 6.90. The van der Waals surface area contributed by atoms with Gasteiger partial charge in [-0.05, 0) is 71.9 Å². The van der Waals surface area contributed by atoms with Crippen molar-refractivity contribution >= 4 is 10.8 Å². The molecule has 0 spiro atoms. The highest BCUT2D eigenvalue weighted by Crippen LogP contribution is 2.34. The molecule has 3 aromatic rings. The van der Waals surface area contributed by atoms with Gasteiger partial charge in [-0.3, -0.25) is 4.90 Å². The Hall–Kier alpha value is -2.12. The van der Waals surface area contributed by atoms with Crippen molar-refractivity contribution in [3.05, 3.63) is 71.8 Å². The van der Waals surface area contributed by atoms with Crippen LogP contribution in [0.25, 0.3) is 21.9 Å². The average Bonchev–Trinajstić information content (AvgIpc) is 2.63. The Morgan fingerprint density at radius 1 is 0.800 bits per heavy atom. The lowest BCUT2D eigenvalue weighted by Gasteiger charge is -2.24. The molecule has 0 amide bonds. The van der Waals surface area contributed by atoms with Crippen molar-refractivity contribution in [2.75, 3.05) is 13.1 Å². The first-order valence-electron chi connectivity index (χ1n) is 9.53. The highest BCUT2D eigenvalue weighted by atomic mass is 15.1. The van der Waals surface area contributed by atoms with E-state index in [4.69, 9.17) is 0 Å². The fraction of sp³-hybridized carbons (Fsp3) is 0.333. The maximum absolute atomic E-state index is 2.59. The van der Waals surface area contributed by atoms with Gasteiger partial charge in [0.1, 0.15) is 0 Å². The number of benzene rings is 3. The van der Waals surface area contributed by atoms with Crippen LogP contribution in [-0.4, -0.2) is 18.0 Å². The van der Waals surface area contributed by atoms with Crippen LogP contribution in [0.15, 0.2) is 60.7 Å². The summed E-state index contributed by atoms with van der Waals surface area (Å²) in [6.07, 6.45) is 2.41. The summed E-state index contributed by atoms with van der Waals surface area (Å²) in [5, 5.41) is 2.70. The molecular weight excluding hydrogens is 302 g/mol. The van der Waals surface area contributed by atoms with Gasteiger partial charge in [0, 0.05) is 6.54 Å². The van der Waals surface area contributed by atoms with Crippen LogP contribution >= 0.6 is 0 Å². The van der Waals surface area contributed by atoms with Gasteiger partial charge >= 0.3 is 0 Å². The molecule has 0 bridgehead atoms. The van der Waals surface area contributed by atoms with Crippen LogP contribution in [0.5, 0.6) is 0 Å². The first kappa shape index (κ1) is 17.7. The molecule has 1 heteroatoms. The minimum atomic E-state index is 1.04. The molecule has 0 radical (unpaired) electrons. The fourth-order valence-electron chi connectivity index (χ4n) is 3.79. The van der Waals surface area contributed by atoms with Crippen LogP contribution in [0.4, 0.5) is 0 Å². The quantitative estimate of drug-likeness (QED) is 0.481. The Balaban J connectivity index is 2.12. The SMILES string of the molecule is CCCN(CCC)Cc1cc2ccccc2c(-c2ccccc2)c1C. The summed E-state index contributed by atoms with van der Waals surface area (Å²) in [7, 11) is 0. The van der Waals surface area contributed by atoms with Crippen LogP contribution < -0.4 is 0 Å². The normalized spacial score (nSPS) is 11.4. The van der Waals surface area contributed by atoms with Gasteiger partial charge in [-0.1, -0.05) is 68.4 Å². The molecule has 0 heterocycles. The van der Waals surface area contributed by atoms with E-state index in [9.17, 15) is 0 Å². The van der Waals surface area contributed by atoms with E-state index in [1.54, 1.807) is 0 Å². The van der Waals surface area contributed by atoms with Gasteiger partial charge in [0.25, 0.3) is 0 Å². The van der Waals surface area contributed by atoms with Crippen molar-refractivity contribution in [2.45, 2.75) is 40.2 Å². The Morgan fingerprint density at radius 3 is 2.12 bits per heavy atom. The zero-order valence-electron chi connectivity index (χ0n) is 15.8. The molecule has 0 N–H and O–H groups in total. The van der Waals surface area contributed by atoms with Crippen molar-refractivity contribution in [3.8, 4) is 11.1 Å². The fourth-order valence-corrected chi connectivity index (χ4v) is 3.79. The molecule has 0 aliphatic rings. The Kier molecular flexibility index (Phi) is 5.88. The predicted octanol–water partition coefficient (Wildman–Crippen LogP) is 6.44. The summed E-state index contributed by atoms with van der Waals surface area (Å²) in [5.74, 6) is 0. The number of hydrogen-bond acceptors (Lipinski definition) is 1. The molecule has 0 aliphatic carbocycles.